The average molecular weight is 545 g/mol. The molecule has 0 unspecified atom stereocenters. The van der Waals surface area contributed by atoms with Crippen LogP contribution in [0.1, 0.15) is 18.4 Å². The number of thiophene rings is 1. The topological polar surface area (TPSA) is 83.5 Å². The molecule has 182 valence electrons. The number of hydrogen-bond donors (Lipinski definition) is 0. The molecule has 5 rings (SSSR count). The number of carbonyl (C=O) groups is 1. The molecule has 4 heterocycles. The first-order valence-corrected chi connectivity index (χ1v) is 15.5. The van der Waals surface area contributed by atoms with E-state index < -0.39 is 10.0 Å². The minimum atomic E-state index is -3.51. The third-order valence-corrected chi connectivity index (χ3v) is 11.1. The van der Waals surface area contributed by atoms with E-state index in [1.807, 2.05) is 36.6 Å². The fourth-order valence-corrected chi connectivity index (χ4v) is 8.45. The summed E-state index contributed by atoms with van der Waals surface area (Å²) in [7, 11) is -3.51. The molecule has 35 heavy (non-hydrogen) atoms. The second-order valence-electron chi connectivity index (χ2n) is 8.20. The SMILES string of the molecule is CSc1cccc2sc(N(Cc3cccnc3)C(=O)C3CCN(S(=O)(=O)c4cccs4)CC3)nc12. The van der Waals surface area contributed by atoms with Gasteiger partial charge in [-0.2, -0.15) is 4.31 Å². The van der Waals surface area contributed by atoms with E-state index in [1.165, 1.54) is 27.0 Å². The molecule has 0 N–H and O–H groups in total. The first-order chi connectivity index (χ1) is 17.0. The highest BCUT2D eigenvalue weighted by molar-refractivity contribution is 7.98. The van der Waals surface area contributed by atoms with Gasteiger partial charge in [-0.25, -0.2) is 13.4 Å². The summed E-state index contributed by atoms with van der Waals surface area (Å²) in [6.45, 7) is 1.02. The molecule has 1 saturated heterocycles. The van der Waals surface area contributed by atoms with Crippen molar-refractivity contribution in [3.05, 3.63) is 65.8 Å². The summed E-state index contributed by atoms with van der Waals surface area (Å²) in [5.41, 5.74) is 1.82. The summed E-state index contributed by atoms with van der Waals surface area (Å²) < 4.78 is 28.7. The maximum atomic E-state index is 13.8. The van der Waals surface area contributed by atoms with Crippen LogP contribution in [-0.4, -0.2) is 47.9 Å². The number of amides is 1. The molecular weight excluding hydrogens is 521 g/mol. The minimum absolute atomic E-state index is 0.0215. The van der Waals surface area contributed by atoms with Gasteiger partial charge in [-0.3, -0.25) is 14.7 Å². The van der Waals surface area contributed by atoms with Crippen LogP contribution in [0.3, 0.4) is 0 Å². The fourth-order valence-electron chi connectivity index (χ4n) is 4.21. The van der Waals surface area contributed by atoms with Crippen LogP contribution in [0.4, 0.5) is 5.13 Å². The Morgan fingerprint density at radius 2 is 2.00 bits per heavy atom. The highest BCUT2D eigenvalue weighted by Gasteiger charge is 2.35. The van der Waals surface area contributed by atoms with Crippen molar-refractivity contribution in [1.29, 1.82) is 0 Å². The van der Waals surface area contributed by atoms with Gasteiger partial charge in [0.1, 0.15) is 4.21 Å². The number of thioether (sulfide) groups is 1. The fraction of sp³-hybridized carbons (Fsp3) is 0.292. The quantitative estimate of drug-likeness (QED) is 0.301. The van der Waals surface area contributed by atoms with Crippen molar-refractivity contribution >= 4 is 65.7 Å². The molecule has 1 amide bonds. The lowest BCUT2D eigenvalue weighted by Crippen LogP contribution is -2.44. The normalized spacial score (nSPS) is 15.5. The summed E-state index contributed by atoms with van der Waals surface area (Å²) in [5, 5.41) is 2.42. The van der Waals surface area contributed by atoms with Gasteiger partial charge in [-0.05, 0) is 54.3 Å². The molecule has 0 spiro atoms. The van der Waals surface area contributed by atoms with Crippen LogP contribution in [0.15, 0.2) is 69.3 Å². The van der Waals surface area contributed by atoms with Crippen molar-refractivity contribution in [1.82, 2.24) is 14.3 Å². The van der Waals surface area contributed by atoms with Gasteiger partial charge >= 0.3 is 0 Å². The Morgan fingerprint density at radius 3 is 2.69 bits per heavy atom. The van der Waals surface area contributed by atoms with Crippen LogP contribution in [-0.2, 0) is 21.4 Å². The molecular formula is C24H24N4O3S4. The maximum Gasteiger partial charge on any atom is 0.252 e. The highest BCUT2D eigenvalue weighted by Crippen LogP contribution is 2.36. The lowest BCUT2D eigenvalue weighted by molar-refractivity contribution is -0.123. The predicted molar refractivity (Wildman–Crippen MR) is 143 cm³/mol. The second-order valence-corrected chi connectivity index (χ2v) is 13.2. The smallest absolute Gasteiger partial charge is 0.252 e. The summed E-state index contributed by atoms with van der Waals surface area (Å²) in [5.74, 6) is -0.291. The van der Waals surface area contributed by atoms with Gasteiger partial charge in [0.15, 0.2) is 5.13 Å². The van der Waals surface area contributed by atoms with Crippen LogP contribution in [0.2, 0.25) is 0 Å². The first-order valence-electron chi connectivity index (χ1n) is 11.1. The Hall–Kier alpha value is -2.31. The van der Waals surface area contributed by atoms with Crippen molar-refractivity contribution in [2.75, 3.05) is 24.2 Å². The summed E-state index contributed by atoms with van der Waals surface area (Å²) in [6.07, 6.45) is 6.45. The van der Waals surface area contributed by atoms with Crippen molar-refractivity contribution in [3.63, 3.8) is 0 Å². The number of benzene rings is 1. The van der Waals surface area contributed by atoms with E-state index >= 15 is 0 Å². The Balaban J connectivity index is 1.40. The number of sulfonamides is 1. The molecule has 1 aromatic carbocycles. The number of pyridine rings is 1. The lowest BCUT2D eigenvalue weighted by Gasteiger charge is -2.32. The molecule has 11 heteroatoms. The number of carbonyl (C=O) groups excluding carboxylic acids is 1. The van der Waals surface area contributed by atoms with Gasteiger partial charge in [0, 0.05) is 36.3 Å². The zero-order valence-electron chi connectivity index (χ0n) is 19.0. The number of fused-ring (bicyclic) bond motifs is 1. The van der Waals surface area contributed by atoms with E-state index in [9.17, 15) is 13.2 Å². The minimum Gasteiger partial charge on any atom is -0.283 e. The number of aromatic nitrogens is 2. The van der Waals surface area contributed by atoms with Gasteiger partial charge in [0.05, 0.1) is 16.8 Å². The molecule has 0 radical (unpaired) electrons. The zero-order chi connectivity index (χ0) is 24.4. The van der Waals surface area contributed by atoms with Crippen LogP contribution in [0, 0.1) is 5.92 Å². The molecule has 4 aromatic rings. The Labute approximate surface area is 216 Å². The Bertz CT molecular complexity index is 1410. The number of para-hydroxylation sites is 1. The zero-order valence-corrected chi connectivity index (χ0v) is 22.3. The molecule has 1 aliphatic heterocycles. The number of rotatable bonds is 7. The average Bonchev–Trinajstić information content (AvgIpc) is 3.58. The largest absolute Gasteiger partial charge is 0.283 e. The second kappa shape index (κ2) is 10.4. The van der Waals surface area contributed by atoms with Crippen molar-refractivity contribution in [2.45, 2.75) is 28.5 Å². The number of thiazole rings is 1. The number of nitrogens with zero attached hydrogens (tertiary/aromatic N) is 4. The maximum absolute atomic E-state index is 13.8. The molecule has 0 aliphatic carbocycles. The van der Waals surface area contributed by atoms with Gasteiger partial charge in [-0.15, -0.1) is 23.1 Å². The lowest BCUT2D eigenvalue weighted by atomic mass is 9.96. The number of piperidine rings is 1. The molecule has 7 nitrogen and oxygen atoms in total. The van der Waals surface area contributed by atoms with E-state index in [-0.39, 0.29) is 11.8 Å². The van der Waals surface area contributed by atoms with Crippen molar-refractivity contribution in [3.8, 4) is 0 Å². The Kier molecular flexibility index (Phi) is 7.21. The van der Waals surface area contributed by atoms with Crippen LogP contribution in [0.5, 0.6) is 0 Å². The van der Waals surface area contributed by atoms with Gasteiger partial charge in [0.2, 0.25) is 5.91 Å². The molecule has 0 atom stereocenters. The Morgan fingerprint density at radius 1 is 1.17 bits per heavy atom. The highest BCUT2D eigenvalue weighted by atomic mass is 32.2. The van der Waals surface area contributed by atoms with Gasteiger partial charge < -0.3 is 0 Å². The third-order valence-electron chi connectivity index (χ3n) is 6.04. The van der Waals surface area contributed by atoms with Gasteiger partial charge in [0.25, 0.3) is 10.0 Å². The standard InChI is InChI=1S/C24H24N4O3S4/c1-32-19-6-2-7-20-22(19)26-24(34-20)28(16-17-5-3-11-25-15-17)23(29)18-9-12-27(13-10-18)35(30,31)21-8-4-14-33-21/h2-8,11,14-15,18H,9-10,12-13,16H2,1H3. The predicted octanol–water partition coefficient (Wildman–Crippen LogP) is 5.11. The third kappa shape index (κ3) is 5.01. The molecule has 3 aromatic heterocycles. The number of hydrogen-bond acceptors (Lipinski definition) is 8. The van der Waals surface area contributed by atoms with Crippen molar-refractivity contribution < 1.29 is 13.2 Å². The molecule has 1 fully saturated rings. The van der Waals surface area contributed by atoms with E-state index in [1.54, 1.807) is 46.6 Å². The summed E-state index contributed by atoms with van der Waals surface area (Å²) in [4.78, 5) is 25.7. The van der Waals surface area contributed by atoms with E-state index in [0.717, 1.165) is 20.7 Å². The van der Waals surface area contributed by atoms with Crippen LogP contribution >= 0.6 is 34.4 Å². The first kappa shape index (κ1) is 24.4. The van der Waals surface area contributed by atoms with Crippen LogP contribution < -0.4 is 4.90 Å². The van der Waals surface area contributed by atoms with E-state index in [0.29, 0.717) is 41.8 Å². The summed E-state index contributed by atoms with van der Waals surface area (Å²) >= 11 is 4.36. The van der Waals surface area contributed by atoms with E-state index in [2.05, 4.69) is 4.98 Å². The van der Waals surface area contributed by atoms with E-state index in [4.69, 9.17) is 4.98 Å². The molecule has 1 aliphatic rings. The summed E-state index contributed by atoms with van der Waals surface area (Å²) in [6, 6.07) is 13.2. The van der Waals surface area contributed by atoms with Gasteiger partial charge in [-0.1, -0.05) is 29.5 Å². The molecule has 0 saturated carbocycles. The molecule has 0 bridgehead atoms. The van der Waals surface area contributed by atoms with Crippen molar-refractivity contribution in [2.24, 2.45) is 5.92 Å². The van der Waals surface area contributed by atoms with Crippen LogP contribution in [0.25, 0.3) is 10.2 Å². The number of anilines is 1. The monoisotopic (exact) mass is 544 g/mol.